The number of hydrogen-bond acceptors (Lipinski definition) is 8. The van der Waals surface area contributed by atoms with Gasteiger partial charge in [-0.05, 0) is 49.7 Å². The van der Waals surface area contributed by atoms with Gasteiger partial charge in [-0.3, -0.25) is 9.36 Å². The molecule has 1 fully saturated rings. The average Bonchev–Trinajstić information content (AvgIpc) is 3.44. The van der Waals surface area contributed by atoms with Crippen molar-refractivity contribution in [3.63, 3.8) is 0 Å². The van der Waals surface area contributed by atoms with Crippen LogP contribution in [0.3, 0.4) is 0 Å². The third-order valence-corrected chi connectivity index (χ3v) is 6.18. The molecule has 1 saturated carbocycles. The van der Waals surface area contributed by atoms with Gasteiger partial charge in [-0.2, -0.15) is 0 Å². The highest BCUT2D eigenvalue weighted by Gasteiger charge is 2.38. The van der Waals surface area contributed by atoms with Gasteiger partial charge in [0, 0.05) is 30.5 Å². The molecular weight excluding hydrogens is 444 g/mol. The molecule has 11 heteroatoms. The first-order valence-corrected chi connectivity index (χ1v) is 10.8. The van der Waals surface area contributed by atoms with Crippen molar-refractivity contribution in [1.82, 2.24) is 19.5 Å². The Morgan fingerprint density at radius 1 is 1.32 bits per heavy atom. The van der Waals surface area contributed by atoms with Crippen LogP contribution in [0, 0.1) is 0 Å². The minimum absolute atomic E-state index is 0.0636. The fourth-order valence-electron chi connectivity index (χ4n) is 3.09. The Hall–Kier alpha value is -2.85. The van der Waals surface area contributed by atoms with Crippen molar-refractivity contribution in [2.75, 3.05) is 6.61 Å². The summed E-state index contributed by atoms with van der Waals surface area (Å²) in [5.74, 6) is -0.696. The normalized spacial score (nSPS) is 13.4. The molecule has 162 valence electrons. The Morgan fingerprint density at radius 2 is 2.06 bits per heavy atom. The minimum Gasteiger partial charge on any atom is -0.461 e. The second-order valence-corrected chi connectivity index (χ2v) is 8.53. The summed E-state index contributed by atoms with van der Waals surface area (Å²) < 4.78 is 13.0. The molecule has 4 rings (SSSR count). The number of carbonyl (C=O) groups is 2. The molecular formula is C20H19ClN4O5S. The van der Waals surface area contributed by atoms with Gasteiger partial charge in [-0.15, -0.1) is 5.10 Å². The van der Waals surface area contributed by atoms with Crippen molar-refractivity contribution < 1.29 is 18.8 Å². The number of ketones is 1. The van der Waals surface area contributed by atoms with E-state index in [1.165, 1.54) is 21.0 Å². The van der Waals surface area contributed by atoms with Gasteiger partial charge in [0.15, 0.2) is 10.9 Å². The van der Waals surface area contributed by atoms with E-state index in [1.54, 1.807) is 39.2 Å². The molecule has 0 radical (unpaired) electrons. The quantitative estimate of drug-likeness (QED) is 0.389. The maximum atomic E-state index is 13.3. The van der Waals surface area contributed by atoms with E-state index in [9.17, 15) is 14.4 Å². The predicted molar refractivity (Wildman–Crippen MR) is 112 cm³/mol. The van der Waals surface area contributed by atoms with Gasteiger partial charge >= 0.3 is 11.7 Å². The molecule has 0 spiro atoms. The Bertz CT molecular complexity index is 1240. The van der Waals surface area contributed by atoms with E-state index in [0.717, 1.165) is 12.8 Å². The number of rotatable bonds is 7. The zero-order valence-corrected chi connectivity index (χ0v) is 18.6. The molecule has 3 aromatic rings. The molecule has 0 aliphatic heterocycles. The summed E-state index contributed by atoms with van der Waals surface area (Å²) in [4.78, 5) is 38.2. The number of aryl methyl sites for hydroxylation is 1. The van der Waals surface area contributed by atoms with Crippen LogP contribution in [0.5, 0.6) is 0 Å². The lowest BCUT2D eigenvalue weighted by Crippen LogP contribution is -2.20. The van der Waals surface area contributed by atoms with E-state index in [2.05, 4.69) is 10.3 Å². The van der Waals surface area contributed by atoms with E-state index in [0.29, 0.717) is 15.8 Å². The van der Waals surface area contributed by atoms with Crippen LogP contribution in [0.2, 0.25) is 5.02 Å². The maximum Gasteiger partial charge on any atom is 0.361 e. The van der Waals surface area contributed by atoms with E-state index in [4.69, 9.17) is 20.9 Å². The molecule has 0 saturated heterocycles. The fourth-order valence-corrected chi connectivity index (χ4v) is 4.33. The van der Waals surface area contributed by atoms with Crippen LogP contribution in [0.4, 0.5) is 0 Å². The lowest BCUT2D eigenvalue weighted by Gasteiger charge is -2.07. The molecule has 1 aromatic carbocycles. The lowest BCUT2D eigenvalue weighted by atomic mass is 9.99. The van der Waals surface area contributed by atoms with E-state index < -0.39 is 11.8 Å². The van der Waals surface area contributed by atoms with Crippen LogP contribution < -0.4 is 5.69 Å². The summed E-state index contributed by atoms with van der Waals surface area (Å²) in [7, 11) is 3.19. The smallest absolute Gasteiger partial charge is 0.361 e. The summed E-state index contributed by atoms with van der Waals surface area (Å²) in [5, 5.41) is 8.66. The molecule has 0 bridgehead atoms. The van der Waals surface area contributed by atoms with Crippen molar-refractivity contribution in [2.45, 2.75) is 35.7 Å². The van der Waals surface area contributed by atoms with Crippen LogP contribution in [-0.4, -0.2) is 37.9 Å². The number of benzene rings is 1. The number of halogens is 1. The number of esters is 1. The molecule has 1 aliphatic rings. The van der Waals surface area contributed by atoms with Crippen molar-refractivity contribution in [1.29, 1.82) is 0 Å². The van der Waals surface area contributed by atoms with E-state index >= 15 is 0 Å². The van der Waals surface area contributed by atoms with Gasteiger partial charge in [0.2, 0.25) is 11.5 Å². The Morgan fingerprint density at radius 3 is 2.65 bits per heavy atom. The first-order chi connectivity index (χ1) is 14.8. The van der Waals surface area contributed by atoms with Crippen molar-refractivity contribution >= 4 is 35.1 Å². The molecule has 0 atom stereocenters. The monoisotopic (exact) mass is 462 g/mol. The topological polar surface area (TPSA) is 109 Å². The Balaban J connectivity index is 1.67. The van der Waals surface area contributed by atoms with Crippen LogP contribution in [-0.2, 0) is 18.8 Å². The maximum absolute atomic E-state index is 13.3. The van der Waals surface area contributed by atoms with Gasteiger partial charge in [-0.1, -0.05) is 16.8 Å². The molecule has 0 amide bonds. The molecule has 0 N–H and O–H groups in total. The lowest BCUT2D eigenvalue weighted by molar-refractivity contribution is 0.0512. The zero-order valence-electron chi connectivity index (χ0n) is 17.0. The third kappa shape index (κ3) is 4.05. The molecule has 2 aromatic heterocycles. The standard InChI is InChI=1S/C20H19ClN4O5S/c1-4-29-18(27)15-14(17(30-23-15)10-5-6-10)16(26)12-8-7-11(9-13(12)21)31-19-22-25(3)20(28)24(19)2/h7-10H,4-6H2,1-3H3. The van der Waals surface area contributed by atoms with Crippen molar-refractivity contribution in [2.24, 2.45) is 14.1 Å². The van der Waals surface area contributed by atoms with Gasteiger partial charge in [0.05, 0.1) is 11.6 Å². The highest BCUT2D eigenvalue weighted by Crippen LogP contribution is 2.43. The molecule has 0 unspecified atom stereocenters. The summed E-state index contributed by atoms with van der Waals surface area (Å²) in [6, 6.07) is 4.90. The van der Waals surface area contributed by atoms with Gasteiger partial charge in [0.1, 0.15) is 5.56 Å². The number of aromatic nitrogens is 4. The summed E-state index contributed by atoms with van der Waals surface area (Å²) in [6.07, 6.45) is 1.73. The Labute approximate surface area is 186 Å². The second-order valence-electron chi connectivity index (χ2n) is 7.09. The third-order valence-electron chi connectivity index (χ3n) is 4.84. The number of hydrogen-bond donors (Lipinski definition) is 0. The van der Waals surface area contributed by atoms with Crippen LogP contribution in [0.15, 0.2) is 37.6 Å². The molecule has 31 heavy (non-hydrogen) atoms. The zero-order chi connectivity index (χ0) is 22.3. The van der Waals surface area contributed by atoms with Crippen molar-refractivity contribution in [3.8, 4) is 0 Å². The minimum atomic E-state index is -0.708. The van der Waals surface area contributed by atoms with Crippen LogP contribution in [0.25, 0.3) is 0 Å². The van der Waals surface area contributed by atoms with Crippen molar-refractivity contribution in [3.05, 3.63) is 56.3 Å². The van der Waals surface area contributed by atoms with E-state index in [-0.39, 0.29) is 40.1 Å². The largest absolute Gasteiger partial charge is 0.461 e. The number of ether oxygens (including phenoxy) is 1. The number of nitrogens with zero attached hydrogens (tertiary/aromatic N) is 4. The summed E-state index contributed by atoms with van der Waals surface area (Å²) in [6.45, 7) is 1.83. The second kappa shape index (κ2) is 8.35. The fraction of sp³-hybridized carbons (Fsp3) is 0.350. The first kappa shape index (κ1) is 21.4. The van der Waals surface area contributed by atoms with E-state index in [1.807, 2.05) is 0 Å². The molecule has 2 heterocycles. The highest BCUT2D eigenvalue weighted by atomic mass is 35.5. The van der Waals surface area contributed by atoms with Gasteiger partial charge < -0.3 is 9.26 Å². The first-order valence-electron chi connectivity index (χ1n) is 9.60. The van der Waals surface area contributed by atoms with Crippen LogP contribution >= 0.6 is 23.4 Å². The number of carbonyl (C=O) groups excluding carboxylic acids is 2. The summed E-state index contributed by atoms with van der Waals surface area (Å²) >= 11 is 7.67. The average molecular weight is 463 g/mol. The molecule has 9 nitrogen and oxygen atoms in total. The predicted octanol–water partition coefficient (Wildman–Crippen LogP) is 3.20. The highest BCUT2D eigenvalue weighted by molar-refractivity contribution is 7.99. The molecule has 1 aliphatic carbocycles. The van der Waals surface area contributed by atoms with Crippen LogP contribution in [0.1, 0.15) is 57.9 Å². The SMILES string of the molecule is CCOC(=O)c1noc(C2CC2)c1C(=O)c1ccc(Sc2nn(C)c(=O)n2C)cc1Cl. The summed E-state index contributed by atoms with van der Waals surface area (Å²) in [5.41, 5.74) is -0.0503. The Kier molecular flexibility index (Phi) is 5.76. The van der Waals surface area contributed by atoms with Gasteiger partial charge in [0.25, 0.3) is 0 Å². The van der Waals surface area contributed by atoms with Gasteiger partial charge in [-0.25, -0.2) is 14.3 Å².